The van der Waals surface area contributed by atoms with Crippen molar-refractivity contribution >= 4 is 60.7 Å². The molecule has 0 bridgehead atoms. The largest absolute Gasteiger partial charge is 0.452 e. The van der Waals surface area contributed by atoms with Crippen molar-refractivity contribution in [2.45, 2.75) is 0 Å². The number of nitrogens with zero attached hydrogens (tertiary/aromatic N) is 2. The zero-order chi connectivity index (χ0) is 26.5. The maximum atomic E-state index is 6.50. The van der Waals surface area contributed by atoms with E-state index in [1.165, 1.54) is 27.3 Å². The molecule has 2 aromatic heterocycles. The molecule has 8 rings (SSSR count). The summed E-state index contributed by atoms with van der Waals surface area (Å²) in [6.45, 7) is 0. The van der Waals surface area contributed by atoms with Gasteiger partial charge in [-0.1, -0.05) is 109 Å². The number of rotatable bonds is 4. The maximum Gasteiger partial charge on any atom is 0.181 e. The van der Waals surface area contributed by atoms with E-state index in [2.05, 4.69) is 114 Å². The van der Waals surface area contributed by atoms with E-state index in [4.69, 9.17) is 9.40 Å². The second kappa shape index (κ2) is 9.11. The number of hydrogen-bond acceptors (Lipinski definition) is 3. The molecule has 0 radical (unpaired) electrons. The Morgan fingerprint density at radius 3 is 1.98 bits per heavy atom. The van der Waals surface area contributed by atoms with Gasteiger partial charge in [0.25, 0.3) is 0 Å². The minimum absolute atomic E-state index is 0.765. The van der Waals surface area contributed by atoms with E-state index in [-0.39, 0.29) is 0 Å². The summed E-state index contributed by atoms with van der Waals surface area (Å²) in [7, 11) is 0. The number of hydrogen-bond donors (Lipinski definition) is 0. The molecular weight excluding hydrogens is 488 g/mol. The van der Waals surface area contributed by atoms with Crippen molar-refractivity contribution in [2.75, 3.05) is 4.90 Å². The smallest absolute Gasteiger partial charge is 0.181 e. The van der Waals surface area contributed by atoms with Crippen molar-refractivity contribution in [3.05, 3.63) is 146 Å². The number of pyridine rings is 1. The van der Waals surface area contributed by atoms with E-state index in [9.17, 15) is 0 Å². The minimum atomic E-state index is 0.765. The van der Waals surface area contributed by atoms with Crippen LogP contribution in [0.3, 0.4) is 0 Å². The quantitative estimate of drug-likeness (QED) is 0.220. The highest BCUT2D eigenvalue weighted by Crippen LogP contribution is 2.45. The van der Waals surface area contributed by atoms with Gasteiger partial charge in [0.2, 0.25) is 0 Å². The molecule has 0 fully saturated rings. The van der Waals surface area contributed by atoms with Crippen molar-refractivity contribution in [3.63, 3.8) is 0 Å². The Hall–Kier alpha value is -5.41. The first-order valence-corrected chi connectivity index (χ1v) is 13.5. The zero-order valence-electron chi connectivity index (χ0n) is 21.7. The van der Waals surface area contributed by atoms with Crippen LogP contribution in [-0.2, 0) is 0 Å². The van der Waals surface area contributed by atoms with Crippen LogP contribution in [0.4, 0.5) is 17.2 Å². The molecule has 188 valence electrons. The summed E-state index contributed by atoms with van der Waals surface area (Å²) in [5, 5.41) is 6.91. The van der Waals surface area contributed by atoms with Crippen LogP contribution in [-0.4, -0.2) is 4.98 Å². The van der Waals surface area contributed by atoms with E-state index in [0.29, 0.717) is 0 Å². The van der Waals surface area contributed by atoms with Crippen LogP contribution < -0.4 is 4.90 Å². The number of benzene rings is 6. The normalized spacial score (nSPS) is 11.5. The maximum absolute atomic E-state index is 6.50. The molecule has 8 aromatic rings. The fourth-order valence-electron chi connectivity index (χ4n) is 5.83. The number of furan rings is 1. The van der Waals surface area contributed by atoms with E-state index in [1.54, 1.807) is 0 Å². The monoisotopic (exact) mass is 512 g/mol. The fraction of sp³-hybridized carbons (Fsp3) is 0. The van der Waals surface area contributed by atoms with Gasteiger partial charge in [0.15, 0.2) is 11.4 Å². The van der Waals surface area contributed by atoms with Gasteiger partial charge in [0.1, 0.15) is 5.58 Å². The second-order valence-corrected chi connectivity index (χ2v) is 10.0. The Kier molecular flexibility index (Phi) is 5.14. The first kappa shape index (κ1) is 22.6. The average molecular weight is 513 g/mol. The lowest BCUT2D eigenvalue weighted by Gasteiger charge is -2.26. The van der Waals surface area contributed by atoms with Crippen molar-refractivity contribution in [2.24, 2.45) is 0 Å². The van der Waals surface area contributed by atoms with Crippen LogP contribution in [0, 0.1) is 0 Å². The lowest BCUT2D eigenvalue weighted by atomic mass is 9.99. The molecule has 3 nitrogen and oxygen atoms in total. The lowest BCUT2D eigenvalue weighted by Crippen LogP contribution is -2.12. The number of anilines is 3. The molecule has 0 unspecified atom stereocenters. The summed E-state index contributed by atoms with van der Waals surface area (Å²) in [5.41, 5.74) is 6.06. The fourth-order valence-corrected chi connectivity index (χ4v) is 5.83. The van der Waals surface area contributed by atoms with E-state index < -0.39 is 0 Å². The Morgan fingerprint density at radius 2 is 1.15 bits per heavy atom. The summed E-state index contributed by atoms with van der Waals surface area (Å²) in [5.74, 6) is 0.765. The van der Waals surface area contributed by atoms with Gasteiger partial charge in [-0.25, -0.2) is 4.98 Å². The highest BCUT2D eigenvalue weighted by atomic mass is 16.3. The number of fused-ring (bicyclic) bond motifs is 6. The van der Waals surface area contributed by atoms with Crippen molar-refractivity contribution < 1.29 is 4.42 Å². The third-order valence-corrected chi connectivity index (χ3v) is 7.71. The lowest BCUT2D eigenvalue weighted by molar-refractivity contribution is 0.667. The van der Waals surface area contributed by atoms with Gasteiger partial charge in [-0.15, -0.1) is 0 Å². The van der Waals surface area contributed by atoms with Crippen molar-refractivity contribution in [3.8, 4) is 11.1 Å². The van der Waals surface area contributed by atoms with Gasteiger partial charge in [-0.05, 0) is 57.6 Å². The van der Waals surface area contributed by atoms with Crippen molar-refractivity contribution in [1.29, 1.82) is 0 Å². The predicted molar refractivity (Wildman–Crippen MR) is 167 cm³/mol. The molecule has 0 amide bonds. The first-order valence-electron chi connectivity index (χ1n) is 13.5. The van der Waals surface area contributed by atoms with E-state index in [0.717, 1.165) is 44.5 Å². The zero-order valence-corrected chi connectivity index (χ0v) is 21.7. The Labute approximate surface area is 231 Å². The highest BCUT2D eigenvalue weighted by Gasteiger charge is 2.23. The van der Waals surface area contributed by atoms with Crippen LogP contribution in [0.2, 0.25) is 0 Å². The summed E-state index contributed by atoms with van der Waals surface area (Å²) in [4.78, 5) is 7.20. The molecule has 0 aliphatic carbocycles. The van der Waals surface area contributed by atoms with Crippen LogP contribution in [0.5, 0.6) is 0 Å². The second-order valence-electron chi connectivity index (χ2n) is 10.0. The summed E-state index contributed by atoms with van der Waals surface area (Å²) >= 11 is 0. The first-order chi connectivity index (χ1) is 19.8. The molecule has 0 aliphatic rings. The molecule has 0 saturated heterocycles. The number of aromatic nitrogens is 1. The third-order valence-electron chi connectivity index (χ3n) is 7.71. The average Bonchev–Trinajstić information content (AvgIpc) is 3.42. The summed E-state index contributed by atoms with van der Waals surface area (Å²) in [6.07, 6.45) is 1.88. The van der Waals surface area contributed by atoms with Gasteiger partial charge < -0.3 is 4.42 Å². The predicted octanol–water partition coefficient (Wildman–Crippen LogP) is 10.4. The molecule has 0 saturated carbocycles. The van der Waals surface area contributed by atoms with Gasteiger partial charge in [-0.3, -0.25) is 4.90 Å². The third kappa shape index (κ3) is 3.56. The molecule has 40 heavy (non-hydrogen) atoms. The number of para-hydroxylation sites is 1. The Morgan fingerprint density at radius 1 is 0.500 bits per heavy atom. The van der Waals surface area contributed by atoms with Crippen LogP contribution in [0.15, 0.2) is 150 Å². The Bertz CT molecular complexity index is 2160. The molecule has 6 aromatic carbocycles. The van der Waals surface area contributed by atoms with Gasteiger partial charge in [-0.2, -0.15) is 0 Å². The van der Waals surface area contributed by atoms with Gasteiger partial charge >= 0.3 is 0 Å². The molecule has 0 N–H and O–H groups in total. The van der Waals surface area contributed by atoms with E-state index in [1.807, 2.05) is 36.5 Å². The minimum Gasteiger partial charge on any atom is -0.452 e. The topological polar surface area (TPSA) is 29.3 Å². The van der Waals surface area contributed by atoms with Crippen LogP contribution in [0.1, 0.15) is 0 Å². The van der Waals surface area contributed by atoms with Crippen molar-refractivity contribution in [1.82, 2.24) is 4.98 Å². The SMILES string of the molecule is c1ccc(-c2ccc(N(c3cc4ccccc4c4ccccc34)c3nccc4c3oc3ccccc34)cc2)cc1. The van der Waals surface area contributed by atoms with Crippen LogP contribution >= 0.6 is 0 Å². The summed E-state index contributed by atoms with van der Waals surface area (Å²) in [6, 6.07) is 48.9. The van der Waals surface area contributed by atoms with Gasteiger partial charge in [0.05, 0.1) is 5.69 Å². The Balaban J connectivity index is 1.43. The molecule has 3 heteroatoms. The van der Waals surface area contributed by atoms with Crippen LogP contribution in [0.25, 0.3) is 54.6 Å². The molecular formula is C37H24N2O. The molecule has 0 spiro atoms. The van der Waals surface area contributed by atoms with E-state index >= 15 is 0 Å². The molecule has 0 aliphatic heterocycles. The molecule has 0 atom stereocenters. The standard InChI is InChI=1S/C37H24N2O/c1-2-10-25(11-3-1)26-18-20-28(21-19-26)39(37-36-33(22-23-38-37)32-16-8-9-17-35(32)40-36)34-24-27-12-4-5-13-29(27)30-14-6-7-15-31(30)34/h1-24H. The molecule has 2 heterocycles. The summed E-state index contributed by atoms with van der Waals surface area (Å²) < 4.78 is 6.50. The van der Waals surface area contributed by atoms with Gasteiger partial charge in [0, 0.05) is 28.0 Å². The highest BCUT2D eigenvalue weighted by molar-refractivity contribution is 6.16.